The highest BCUT2D eigenvalue weighted by Gasteiger charge is 2.41. The zero-order valence-electron chi connectivity index (χ0n) is 13.2. The Bertz CT molecular complexity index is 451. The number of nitrogens with two attached hydrogens (primary N) is 1. The number of rotatable bonds is 4. The molecule has 0 amide bonds. The fourth-order valence-electron chi connectivity index (χ4n) is 4.06. The standard InChI is InChI=1S/C18H28N2O/c1-2-12-20(16-7-5-15(19)6-8-16)17-9-13-21-18(14-17)10-3-4-11-18/h5-8,17H,2-4,9-14,19H2,1H3. The Morgan fingerprint density at radius 1 is 1.24 bits per heavy atom. The fraction of sp³-hybridized carbons (Fsp3) is 0.667. The molecular weight excluding hydrogens is 260 g/mol. The van der Waals surface area contributed by atoms with Crippen LogP contribution < -0.4 is 10.6 Å². The highest BCUT2D eigenvalue weighted by atomic mass is 16.5. The number of nitrogens with zero attached hydrogens (tertiary/aromatic N) is 1. The molecule has 0 radical (unpaired) electrons. The predicted octanol–water partition coefficient (Wildman–Crippen LogP) is 3.98. The quantitative estimate of drug-likeness (QED) is 0.852. The van der Waals surface area contributed by atoms with Gasteiger partial charge in [-0.15, -0.1) is 0 Å². The molecule has 1 aromatic carbocycles. The van der Waals surface area contributed by atoms with Crippen LogP contribution in [0.15, 0.2) is 24.3 Å². The molecule has 1 unspecified atom stereocenters. The van der Waals surface area contributed by atoms with Crippen molar-refractivity contribution < 1.29 is 4.74 Å². The van der Waals surface area contributed by atoms with Crippen LogP contribution >= 0.6 is 0 Å². The summed E-state index contributed by atoms with van der Waals surface area (Å²) in [5.41, 5.74) is 8.17. The van der Waals surface area contributed by atoms with E-state index in [9.17, 15) is 0 Å². The van der Waals surface area contributed by atoms with Gasteiger partial charge in [-0.3, -0.25) is 0 Å². The third-order valence-corrected chi connectivity index (χ3v) is 5.11. The lowest BCUT2D eigenvalue weighted by Gasteiger charge is -2.44. The molecule has 21 heavy (non-hydrogen) atoms. The van der Waals surface area contributed by atoms with Crippen LogP contribution in [0.1, 0.15) is 51.9 Å². The Morgan fingerprint density at radius 3 is 2.62 bits per heavy atom. The van der Waals surface area contributed by atoms with Crippen LogP contribution in [0.4, 0.5) is 11.4 Å². The average molecular weight is 288 g/mol. The molecule has 1 spiro atoms. The highest BCUT2D eigenvalue weighted by molar-refractivity contribution is 5.53. The monoisotopic (exact) mass is 288 g/mol. The van der Waals surface area contributed by atoms with E-state index in [0.29, 0.717) is 6.04 Å². The topological polar surface area (TPSA) is 38.5 Å². The van der Waals surface area contributed by atoms with Crippen LogP contribution in [0.5, 0.6) is 0 Å². The minimum absolute atomic E-state index is 0.183. The van der Waals surface area contributed by atoms with Crippen LogP contribution in [0, 0.1) is 0 Å². The third kappa shape index (κ3) is 3.18. The van der Waals surface area contributed by atoms with E-state index in [1.807, 2.05) is 12.1 Å². The number of ether oxygens (including phenoxy) is 1. The van der Waals surface area contributed by atoms with Crippen LogP contribution in [-0.4, -0.2) is 24.8 Å². The Morgan fingerprint density at radius 2 is 1.95 bits per heavy atom. The Balaban J connectivity index is 1.78. The normalized spacial score (nSPS) is 24.3. The summed E-state index contributed by atoms with van der Waals surface area (Å²) in [5, 5.41) is 0. The molecule has 2 aliphatic rings. The van der Waals surface area contributed by atoms with E-state index in [2.05, 4.69) is 24.0 Å². The fourth-order valence-corrected chi connectivity index (χ4v) is 4.06. The van der Waals surface area contributed by atoms with Gasteiger partial charge in [-0.2, -0.15) is 0 Å². The van der Waals surface area contributed by atoms with E-state index in [1.54, 1.807) is 0 Å². The molecule has 0 bridgehead atoms. The van der Waals surface area contributed by atoms with Crippen molar-refractivity contribution in [3.63, 3.8) is 0 Å². The van der Waals surface area contributed by atoms with Gasteiger partial charge in [-0.05, 0) is 56.4 Å². The van der Waals surface area contributed by atoms with Gasteiger partial charge >= 0.3 is 0 Å². The van der Waals surface area contributed by atoms with Gasteiger partial charge in [0, 0.05) is 30.6 Å². The van der Waals surface area contributed by atoms with E-state index in [0.717, 1.165) is 25.3 Å². The second kappa shape index (κ2) is 6.27. The summed E-state index contributed by atoms with van der Waals surface area (Å²) < 4.78 is 6.19. The summed E-state index contributed by atoms with van der Waals surface area (Å²) in [4.78, 5) is 2.59. The highest BCUT2D eigenvalue weighted by Crippen LogP contribution is 2.42. The van der Waals surface area contributed by atoms with Crippen molar-refractivity contribution in [1.82, 2.24) is 0 Å². The van der Waals surface area contributed by atoms with Crippen molar-refractivity contribution in [1.29, 1.82) is 0 Å². The maximum Gasteiger partial charge on any atom is 0.0702 e. The Labute approximate surface area is 128 Å². The lowest BCUT2D eigenvalue weighted by molar-refractivity contribution is -0.0800. The van der Waals surface area contributed by atoms with Crippen molar-refractivity contribution in [2.45, 2.75) is 63.5 Å². The zero-order chi connectivity index (χ0) is 14.7. The Kier molecular flexibility index (Phi) is 4.39. The van der Waals surface area contributed by atoms with Crippen molar-refractivity contribution in [3.05, 3.63) is 24.3 Å². The van der Waals surface area contributed by atoms with Crippen molar-refractivity contribution in [2.24, 2.45) is 0 Å². The molecule has 1 aliphatic heterocycles. The molecule has 2 N–H and O–H groups in total. The van der Waals surface area contributed by atoms with Gasteiger partial charge in [0.25, 0.3) is 0 Å². The van der Waals surface area contributed by atoms with Gasteiger partial charge in [0.2, 0.25) is 0 Å². The molecule has 1 saturated carbocycles. The van der Waals surface area contributed by atoms with Crippen LogP contribution in [0.3, 0.4) is 0 Å². The minimum atomic E-state index is 0.183. The SMILES string of the molecule is CCCN(c1ccc(N)cc1)C1CCOC2(CCCC2)C1. The summed E-state index contributed by atoms with van der Waals surface area (Å²) >= 11 is 0. The Hall–Kier alpha value is -1.22. The van der Waals surface area contributed by atoms with Crippen LogP contribution in [0.25, 0.3) is 0 Å². The summed E-state index contributed by atoms with van der Waals surface area (Å²) in [7, 11) is 0. The van der Waals surface area contributed by atoms with E-state index >= 15 is 0 Å². The number of hydrogen-bond acceptors (Lipinski definition) is 3. The molecule has 116 valence electrons. The molecule has 2 fully saturated rings. The molecule has 3 nitrogen and oxygen atoms in total. The lowest BCUT2D eigenvalue weighted by atomic mass is 9.87. The maximum absolute atomic E-state index is 6.19. The third-order valence-electron chi connectivity index (χ3n) is 5.11. The summed E-state index contributed by atoms with van der Waals surface area (Å²) in [6.07, 6.45) is 8.69. The van der Waals surface area contributed by atoms with E-state index in [-0.39, 0.29) is 5.60 Å². The largest absolute Gasteiger partial charge is 0.399 e. The first-order valence-corrected chi connectivity index (χ1v) is 8.49. The first-order chi connectivity index (χ1) is 10.2. The molecule has 1 heterocycles. The lowest BCUT2D eigenvalue weighted by Crippen LogP contribution is -2.48. The van der Waals surface area contributed by atoms with Gasteiger partial charge < -0.3 is 15.4 Å². The number of anilines is 2. The first-order valence-electron chi connectivity index (χ1n) is 8.49. The van der Waals surface area contributed by atoms with E-state index in [1.165, 1.54) is 44.2 Å². The van der Waals surface area contributed by atoms with Gasteiger partial charge in [-0.1, -0.05) is 19.8 Å². The number of hydrogen-bond donors (Lipinski definition) is 1. The molecule has 1 saturated heterocycles. The van der Waals surface area contributed by atoms with Gasteiger partial charge in [0.15, 0.2) is 0 Å². The summed E-state index contributed by atoms with van der Waals surface area (Å²) in [6.45, 7) is 4.29. The average Bonchev–Trinajstić information content (AvgIpc) is 2.94. The zero-order valence-corrected chi connectivity index (χ0v) is 13.2. The summed E-state index contributed by atoms with van der Waals surface area (Å²) in [5.74, 6) is 0. The van der Waals surface area contributed by atoms with Crippen molar-refractivity contribution in [3.8, 4) is 0 Å². The molecule has 3 heteroatoms. The van der Waals surface area contributed by atoms with Crippen molar-refractivity contribution >= 4 is 11.4 Å². The first kappa shape index (κ1) is 14.7. The predicted molar refractivity (Wildman–Crippen MR) is 88.7 cm³/mol. The number of nitrogen functional groups attached to an aromatic ring is 1. The van der Waals surface area contributed by atoms with E-state index < -0.39 is 0 Å². The molecule has 3 rings (SSSR count). The minimum Gasteiger partial charge on any atom is -0.399 e. The van der Waals surface area contributed by atoms with Crippen molar-refractivity contribution in [2.75, 3.05) is 23.8 Å². The molecule has 1 atom stereocenters. The second-order valence-corrected chi connectivity index (χ2v) is 6.67. The second-order valence-electron chi connectivity index (χ2n) is 6.67. The van der Waals surface area contributed by atoms with Gasteiger partial charge in [0.05, 0.1) is 5.60 Å². The summed E-state index contributed by atoms with van der Waals surface area (Å²) in [6, 6.07) is 8.98. The smallest absolute Gasteiger partial charge is 0.0702 e. The van der Waals surface area contributed by atoms with Gasteiger partial charge in [-0.25, -0.2) is 0 Å². The molecule has 1 aromatic rings. The number of benzene rings is 1. The molecule has 0 aromatic heterocycles. The maximum atomic E-state index is 6.19. The van der Waals surface area contributed by atoms with Gasteiger partial charge in [0.1, 0.15) is 0 Å². The van der Waals surface area contributed by atoms with Crippen LogP contribution in [-0.2, 0) is 4.74 Å². The molecular formula is C18H28N2O. The van der Waals surface area contributed by atoms with E-state index in [4.69, 9.17) is 10.5 Å². The van der Waals surface area contributed by atoms with Crippen LogP contribution in [0.2, 0.25) is 0 Å². The molecule has 1 aliphatic carbocycles.